The van der Waals surface area contributed by atoms with Gasteiger partial charge in [0, 0.05) is 23.7 Å². The smallest absolute Gasteiger partial charge is 0.252 e. The fourth-order valence-corrected chi connectivity index (χ4v) is 1.97. The monoisotopic (exact) mass is 342 g/mol. The zero-order valence-corrected chi connectivity index (χ0v) is 13.4. The molecule has 0 aliphatic carbocycles. The Kier molecular flexibility index (Phi) is 6.67. The Labute approximate surface area is 127 Å². The average molecular weight is 343 g/mol. The van der Waals surface area contributed by atoms with Gasteiger partial charge in [0.1, 0.15) is 6.04 Å². The predicted molar refractivity (Wildman–Crippen MR) is 80.7 cm³/mol. The van der Waals surface area contributed by atoms with Crippen molar-refractivity contribution >= 4 is 27.7 Å². The second-order valence-corrected chi connectivity index (χ2v) is 5.35. The number of rotatable bonds is 6. The molecular weight excluding hydrogens is 324 g/mol. The van der Waals surface area contributed by atoms with Gasteiger partial charge in [-0.2, -0.15) is 0 Å². The van der Waals surface area contributed by atoms with Crippen molar-refractivity contribution in [3.63, 3.8) is 0 Å². The molecular formula is C14H19BrN2O3. The second kappa shape index (κ2) is 8.01. The number of ether oxygens (including phenoxy) is 1. The maximum absolute atomic E-state index is 12.1. The first kappa shape index (κ1) is 16.7. The number of halogens is 1. The van der Waals surface area contributed by atoms with Crippen molar-refractivity contribution in [1.29, 1.82) is 0 Å². The Balaban J connectivity index is 2.61. The van der Waals surface area contributed by atoms with Crippen molar-refractivity contribution in [3.05, 3.63) is 33.8 Å². The number of amides is 2. The van der Waals surface area contributed by atoms with Gasteiger partial charge in [0.25, 0.3) is 5.91 Å². The van der Waals surface area contributed by atoms with Crippen molar-refractivity contribution in [2.45, 2.75) is 19.9 Å². The van der Waals surface area contributed by atoms with Crippen LogP contribution >= 0.6 is 15.9 Å². The highest BCUT2D eigenvalue weighted by Gasteiger charge is 2.17. The van der Waals surface area contributed by atoms with Crippen LogP contribution in [0.2, 0.25) is 0 Å². The van der Waals surface area contributed by atoms with Crippen molar-refractivity contribution < 1.29 is 14.3 Å². The lowest BCUT2D eigenvalue weighted by molar-refractivity contribution is -0.122. The molecule has 0 aliphatic heterocycles. The number of carbonyl (C=O) groups is 2. The molecule has 0 bridgehead atoms. The number of hydrogen-bond donors (Lipinski definition) is 2. The van der Waals surface area contributed by atoms with E-state index in [2.05, 4.69) is 26.6 Å². The van der Waals surface area contributed by atoms with Crippen LogP contribution in [0.1, 0.15) is 22.8 Å². The van der Waals surface area contributed by atoms with E-state index in [1.54, 1.807) is 20.1 Å². The van der Waals surface area contributed by atoms with Gasteiger partial charge in [-0.05, 0) is 31.5 Å². The number of benzene rings is 1. The third-order valence-corrected chi connectivity index (χ3v) is 3.28. The van der Waals surface area contributed by atoms with Gasteiger partial charge in [0.2, 0.25) is 5.91 Å². The molecule has 1 aromatic carbocycles. The lowest BCUT2D eigenvalue weighted by atomic mass is 10.1. The maximum atomic E-state index is 12.1. The molecule has 0 saturated heterocycles. The number of aryl methyl sites for hydroxylation is 1. The molecule has 1 rings (SSSR count). The summed E-state index contributed by atoms with van der Waals surface area (Å²) in [7, 11) is 1.56. The van der Waals surface area contributed by atoms with Gasteiger partial charge < -0.3 is 15.4 Å². The standard InChI is InChI=1S/C14H19BrN2O3/c1-9-4-5-11(15)8-12(9)14(19)17-10(2)13(18)16-6-7-20-3/h4-5,8,10H,6-7H2,1-3H3,(H,16,18)(H,17,19). The summed E-state index contributed by atoms with van der Waals surface area (Å²) in [4.78, 5) is 23.9. The van der Waals surface area contributed by atoms with E-state index in [9.17, 15) is 9.59 Å². The van der Waals surface area contributed by atoms with Crippen LogP contribution in [0.3, 0.4) is 0 Å². The molecule has 1 aromatic rings. The van der Waals surface area contributed by atoms with Gasteiger partial charge >= 0.3 is 0 Å². The van der Waals surface area contributed by atoms with Gasteiger partial charge in [-0.1, -0.05) is 22.0 Å². The normalized spacial score (nSPS) is 11.8. The summed E-state index contributed by atoms with van der Waals surface area (Å²) >= 11 is 3.33. The molecule has 0 saturated carbocycles. The van der Waals surface area contributed by atoms with Crippen molar-refractivity contribution in [2.75, 3.05) is 20.3 Å². The molecule has 0 radical (unpaired) electrons. The number of methoxy groups -OCH3 is 1. The van der Waals surface area contributed by atoms with Gasteiger partial charge in [-0.25, -0.2) is 0 Å². The SMILES string of the molecule is COCCNC(=O)C(C)NC(=O)c1cc(Br)ccc1C. The highest BCUT2D eigenvalue weighted by molar-refractivity contribution is 9.10. The van der Waals surface area contributed by atoms with Crippen LogP contribution < -0.4 is 10.6 Å². The topological polar surface area (TPSA) is 67.4 Å². The first-order valence-electron chi connectivity index (χ1n) is 6.29. The summed E-state index contributed by atoms with van der Waals surface area (Å²) in [5, 5.41) is 5.36. The fraction of sp³-hybridized carbons (Fsp3) is 0.429. The van der Waals surface area contributed by atoms with Crippen molar-refractivity contribution in [2.24, 2.45) is 0 Å². The molecule has 0 aliphatic rings. The summed E-state index contributed by atoms with van der Waals surface area (Å²) in [6.45, 7) is 4.36. The molecule has 2 amide bonds. The molecule has 1 unspecified atom stereocenters. The van der Waals surface area contributed by atoms with E-state index in [4.69, 9.17) is 4.74 Å². The summed E-state index contributed by atoms with van der Waals surface area (Å²) in [6, 6.07) is 4.85. The highest BCUT2D eigenvalue weighted by atomic mass is 79.9. The minimum absolute atomic E-state index is 0.233. The molecule has 1 atom stereocenters. The molecule has 0 fully saturated rings. The van der Waals surface area contributed by atoms with E-state index in [0.29, 0.717) is 18.7 Å². The van der Waals surface area contributed by atoms with Crippen LogP contribution in [0, 0.1) is 6.92 Å². The number of nitrogens with one attached hydrogen (secondary N) is 2. The quantitative estimate of drug-likeness (QED) is 0.772. The van der Waals surface area contributed by atoms with E-state index < -0.39 is 6.04 Å². The average Bonchev–Trinajstić information content (AvgIpc) is 2.41. The van der Waals surface area contributed by atoms with E-state index in [0.717, 1.165) is 10.0 Å². The Morgan fingerprint density at radius 3 is 2.75 bits per heavy atom. The summed E-state index contributed by atoms with van der Waals surface area (Å²) in [5.41, 5.74) is 1.41. The summed E-state index contributed by atoms with van der Waals surface area (Å²) < 4.78 is 5.67. The predicted octanol–water partition coefficient (Wildman–Crippen LogP) is 1.64. The molecule has 6 heteroatoms. The molecule has 0 aromatic heterocycles. The Morgan fingerprint density at radius 2 is 2.10 bits per heavy atom. The molecule has 20 heavy (non-hydrogen) atoms. The first-order chi connectivity index (χ1) is 9.45. The third kappa shape index (κ3) is 4.94. The first-order valence-corrected chi connectivity index (χ1v) is 7.08. The lowest BCUT2D eigenvalue weighted by Gasteiger charge is -2.15. The van der Waals surface area contributed by atoms with Crippen LogP contribution in [0.15, 0.2) is 22.7 Å². The van der Waals surface area contributed by atoms with E-state index in [1.807, 2.05) is 19.1 Å². The minimum atomic E-state index is -0.599. The summed E-state index contributed by atoms with van der Waals surface area (Å²) in [5.74, 6) is -0.499. The van der Waals surface area contributed by atoms with Crippen LogP contribution in [-0.4, -0.2) is 38.1 Å². The molecule has 5 nitrogen and oxygen atoms in total. The van der Waals surface area contributed by atoms with Crippen LogP contribution in [-0.2, 0) is 9.53 Å². The van der Waals surface area contributed by atoms with Crippen LogP contribution in [0.5, 0.6) is 0 Å². The second-order valence-electron chi connectivity index (χ2n) is 4.44. The van der Waals surface area contributed by atoms with Gasteiger partial charge in [-0.15, -0.1) is 0 Å². The molecule has 0 spiro atoms. The van der Waals surface area contributed by atoms with Crippen molar-refractivity contribution in [3.8, 4) is 0 Å². The zero-order chi connectivity index (χ0) is 15.1. The number of hydrogen-bond acceptors (Lipinski definition) is 3. The third-order valence-electron chi connectivity index (χ3n) is 2.79. The lowest BCUT2D eigenvalue weighted by Crippen LogP contribution is -2.45. The minimum Gasteiger partial charge on any atom is -0.383 e. The van der Waals surface area contributed by atoms with E-state index in [-0.39, 0.29) is 11.8 Å². The Bertz CT molecular complexity index is 491. The molecule has 2 N–H and O–H groups in total. The van der Waals surface area contributed by atoms with E-state index in [1.165, 1.54) is 0 Å². The van der Waals surface area contributed by atoms with Crippen LogP contribution in [0.25, 0.3) is 0 Å². The summed E-state index contributed by atoms with van der Waals surface area (Å²) in [6.07, 6.45) is 0. The Hall–Kier alpha value is -1.40. The molecule has 110 valence electrons. The Morgan fingerprint density at radius 1 is 1.40 bits per heavy atom. The number of carbonyl (C=O) groups excluding carboxylic acids is 2. The highest BCUT2D eigenvalue weighted by Crippen LogP contribution is 2.16. The van der Waals surface area contributed by atoms with Gasteiger partial charge in [-0.3, -0.25) is 9.59 Å². The molecule has 0 heterocycles. The van der Waals surface area contributed by atoms with Gasteiger partial charge in [0.05, 0.1) is 6.61 Å². The van der Waals surface area contributed by atoms with E-state index >= 15 is 0 Å². The van der Waals surface area contributed by atoms with Crippen molar-refractivity contribution in [1.82, 2.24) is 10.6 Å². The maximum Gasteiger partial charge on any atom is 0.252 e. The van der Waals surface area contributed by atoms with Gasteiger partial charge in [0.15, 0.2) is 0 Å². The largest absolute Gasteiger partial charge is 0.383 e. The zero-order valence-electron chi connectivity index (χ0n) is 11.8. The van der Waals surface area contributed by atoms with Crippen LogP contribution in [0.4, 0.5) is 0 Å². The fourth-order valence-electron chi connectivity index (χ4n) is 1.61.